The number of likely N-dealkylation sites (N-methyl/N-ethyl adjacent to an activating group) is 1. The molecule has 0 aliphatic heterocycles. The Morgan fingerprint density at radius 3 is 2.25 bits per heavy atom. The number of para-hydroxylation sites is 1. The van der Waals surface area contributed by atoms with E-state index < -0.39 is 10.0 Å². The van der Waals surface area contributed by atoms with Crippen molar-refractivity contribution < 1.29 is 13.2 Å². The Morgan fingerprint density at radius 1 is 1.17 bits per heavy atom. The summed E-state index contributed by atoms with van der Waals surface area (Å²) in [5.41, 5.74) is 1.20. The summed E-state index contributed by atoms with van der Waals surface area (Å²) in [5.74, 6) is -0.314. The molecule has 7 heteroatoms. The van der Waals surface area contributed by atoms with E-state index in [0.717, 1.165) is 11.8 Å². The molecule has 6 nitrogen and oxygen atoms in total. The van der Waals surface area contributed by atoms with Crippen LogP contribution in [0.25, 0.3) is 0 Å². The summed E-state index contributed by atoms with van der Waals surface area (Å²) in [6, 6.07) is 7.31. The monoisotopic (exact) mass is 355 g/mol. The van der Waals surface area contributed by atoms with E-state index in [2.05, 4.69) is 5.32 Å². The minimum absolute atomic E-state index is 0.223. The normalized spacial score (nSPS) is 12.3. The van der Waals surface area contributed by atoms with Gasteiger partial charge in [-0.1, -0.05) is 39.0 Å². The fraction of sp³-hybridized carbons (Fsp3) is 0.588. The van der Waals surface area contributed by atoms with Crippen LogP contribution >= 0.6 is 0 Å². The lowest BCUT2D eigenvalue weighted by Gasteiger charge is -2.29. The number of hydrogen-bond acceptors (Lipinski definition) is 4. The van der Waals surface area contributed by atoms with Crippen LogP contribution in [0.4, 0.5) is 5.69 Å². The Morgan fingerprint density at radius 2 is 1.75 bits per heavy atom. The van der Waals surface area contributed by atoms with E-state index in [1.54, 1.807) is 12.1 Å². The zero-order valence-corrected chi connectivity index (χ0v) is 16.3. The molecule has 1 N–H and O–H groups in total. The molecule has 0 fully saturated rings. The van der Waals surface area contributed by atoms with Crippen molar-refractivity contribution >= 4 is 21.6 Å². The quantitative estimate of drug-likeness (QED) is 0.803. The van der Waals surface area contributed by atoms with Gasteiger partial charge in [0.05, 0.1) is 11.9 Å². The molecule has 1 aromatic rings. The molecule has 0 saturated heterocycles. The highest BCUT2D eigenvalue weighted by Gasteiger charge is 2.27. The van der Waals surface area contributed by atoms with E-state index >= 15 is 0 Å². The maximum Gasteiger partial charge on any atom is 0.240 e. The second-order valence-electron chi connectivity index (χ2n) is 7.19. The lowest BCUT2D eigenvalue weighted by atomic mass is 9.86. The van der Waals surface area contributed by atoms with Gasteiger partial charge in [-0.25, -0.2) is 8.42 Å². The fourth-order valence-corrected chi connectivity index (χ4v) is 3.18. The minimum atomic E-state index is -3.58. The summed E-state index contributed by atoms with van der Waals surface area (Å²) in [5, 5.41) is 2.76. The Labute approximate surface area is 145 Å². The van der Waals surface area contributed by atoms with Crippen LogP contribution in [0, 0.1) is 0 Å². The van der Waals surface area contributed by atoms with Crippen LogP contribution in [0.15, 0.2) is 24.3 Å². The van der Waals surface area contributed by atoms with Gasteiger partial charge in [-0.05, 0) is 31.1 Å². The fourth-order valence-electron chi connectivity index (χ4n) is 2.31. The molecular formula is C17H29N3O3S. The minimum Gasteiger partial charge on any atom is -0.353 e. The van der Waals surface area contributed by atoms with Gasteiger partial charge in [0.15, 0.2) is 0 Å². The standard InChI is InChI=1S/C17H29N3O3S/c1-17(2,3)14-9-7-8-10-15(14)20(24(6,22)23)13-16(21)18-11-12-19(4)5/h7-10H,11-13H2,1-6H3,(H,18,21). The van der Waals surface area contributed by atoms with E-state index in [1.165, 1.54) is 4.31 Å². The van der Waals surface area contributed by atoms with Crippen molar-refractivity contribution in [1.29, 1.82) is 0 Å². The Hall–Kier alpha value is -1.60. The van der Waals surface area contributed by atoms with Gasteiger partial charge in [-0.15, -0.1) is 0 Å². The zero-order valence-electron chi connectivity index (χ0n) is 15.5. The highest BCUT2D eigenvalue weighted by atomic mass is 32.2. The SMILES string of the molecule is CN(C)CCNC(=O)CN(c1ccccc1C(C)(C)C)S(C)(=O)=O. The van der Waals surface area contributed by atoms with Crippen LogP contribution < -0.4 is 9.62 Å². The van der Waals surface area contributed by atoms with E-state index in [-0.39, 0.29) is 17.9 Å². The van der Waals surface area contributed by atoms with Crippen molar-refractivity contribution in [3.05, 3.63) is 29.8 Å². The second-order valence-corrected chi connectivity index (χ2v) is 9.10. The topological polar surface area (TPSA) is 69.7 Å². The van der Waals surface area contributed by atoms with Crippen LogP contribution in [-0.4, -0.2) is 59.2 Å². The first-order chi connectivity index (χ1) is 10.9. The van der Waals surface area contributed by atoms with Crippen molar-refractivity contribution in [3.63, 3.8) is 0 Å². The van der Waals surface area contributed by atoms with Gasteiger partial charge >= 0.3 is 0 Å². The van der Waals surface area contributed by atoms with E-state index in [0.29, 0.717) is 18.8 Å². The number of sulfonamides is 1. The highest BCUT2D eigenvalue weighted by molar-refractivity contribution is 7.92. The largest absolute Gasteiger partial charge is 0.353 e. The van der Waals surface area contributed by atoms with Gasteiger partial charge in [0.25, 0.3) is 0 Å². The lowest BCUT2D eigenvalue weighted by molar-refractivity contribution is -0.119. The average Bonchev–Trinajstić information content (AvgIpc) is 2.42. The first-order valence-electron chi connectivity index (χ1n) is 7.91. The molecule has 0 saturated carbocycles. The molecule has 1 aromatic carbocycles. The van der Waals surface area contributed by atoms with Gasteiger partial charge in [-0.3, -0.25) is 9.10 Å². The molecule has 136 valence electrons. The van der Waals surface area contributed by atoms with Gasteiger partial charge in [0.1, 0.15) is 6.54 Å². The third-order valence-corrected chi connectivity index (χ3v) is 4.68. The summed E-state index contributed by atoms with van der Waals surface area (Å²) < 4.78 is 25.7. The van der Waals surface area contributed by atoms with Crippen LogP contribution in [-0.2, 0) is 20.2 Å². The van der Waals surface area contributed by atoms with Crippen molar-refractivity contribution in [3.8, 4) is 0 Å². The van der Waals surface area contributed by atoms with Crippen LogP contribution in [0.3, 0.4) is 0 Å². The Bertz CT molecular complexity index is 664. The van der Waals surface area contributed by atoms with Crippen LogP contribution in [0.5, 0.6) is 0 Å². The second kappa shape index (κ2) is 7.98. The molecule has 0 heterocycles. The predicted molar refractivity (Wildman–Crippen MR) is 98.9 cm³/mol. The smallest absolute Gasteiger partial charge is 0.240 e. The van der Waals surface area contributed by atoms with E-state index in [1.807, 2.05) is 51.9 Å². The van der Waals surface area contributed by atoms with Crippen molar-refractivity contribution in [2.45, 2.75) is 26.2 Å². The van der Waals surface area contributed by atoms with Crippen molar-refractivity contribution in [2.75, 3.05) is 44.3 Å². The molecule has 0 radical (unpaired) electrons. The van der Waals surface area contributed by atoms with Crippen molar-refractivity contribution in [1.82, 2.24) is 10.2 Å². The maximum atomic E-state index is 12.3. The Kier molecular flexibility index (Phi) is 6.80. The third kappa shape index (κ3) is 6.13. The molecule has 0 spiro atoms. The lowest BCUT2D eigenvalue weighted by Crippen LogP contribution is -2.42. The molecule has 24 heavy (non-hydrogen) atoms. The predicted octanol–water partition coefficient (Wildman–Crippen LogP) is 1.43. The van der Waals surface area contributed by atoms with Gasteiger partial charge in [-0.2, -0.15) is 0 Å². The number of anilines is 1. The van der Waals surface area contributed by atoms with Gasteiger partial charge < -0.3 is 10.2 Å². The van der Waals surface area contributed by atoms with Crippen LogP contribution in [0.2, 0.25) is 0 Å². The van der Waals surface area contributed by atoms with Gasteiger partial charge in [0.2, 0.25) is 15.9 Å². The number of amides is 1. The molecule has 1 amide bonds. The summed E-state index contributed by atoms with van der Waals surface area (Å²) >= 11 is 0. The van der Waals surface area contributed by atoms with Crippen LogP contribution in [0.1, 0.15) is 26.3 Å². The number of nitrogens with one attached hydrogen (secondary N) is 1. The number of nitrogens with zero attached hydrogens (tertiary/aromatic N) is 2. The zero-order chi connectivity index (χ0) is 18.5. The number of benzene rings is 1. The highest BCUT2D eigenvalue weighted by Crippen LogP contribution is 2.32. The maximum absolute atomic E-state index is 12.3. The van der Waals surface area contributed by atoms with E-state index in [4.69, 9.17) is 0 Å². The first kappa shape index (κ1) is 20.4. The molecule has 0 aliphatic carbocycles. The molecule has 1 rings (SSSR count). The molecular weight excluding hydrogens is 326 g/mol. The summed E-state index contributed by atoms with van der Waals surface area (Å²) in [4.78, 5) is 14.1. The number of hydrogen-bond donors (Lipinski definition) is 1. The summed E-state index contributed by atoms with van der Waals surface area (Å²) in [6.07, 6.45) is 1.12. The first-order valence-corrected chi connectivity index (χ1v) is 9.76. The number of carbonyl (C=O) groups excluding carboxylic acids is 1. The number of rotatable bonds is 7. The van der Waals surface area contributed by atoms with Gasteiger partial charge in [0, 0.05) is 13.1 Å². The summed E-state index contributed by atoms with van der Waals surface area (Å²) in [6.45, 7) is 7.00. The Balaban J connectivity index is 3.07. The molecule has 0 unspecified atom stereocenters. The van der Waals surface area contributed by atoms with Crippen molar-refractivity contribution in [2.24, 2.45) is 0 Å². The third-order valence-electron chi connectivity index (χ3n) is 3.55. The average molecular weight is 356 g/mol. The molecule has 0 aromatic heterocycles. The molecule has 0 bridgehead atoms. The molecule has 0 atom stereocenters. The number of carbonyl (C=O) groups is 1. The summed E-state index contributed by atoms with van der Waals surface area (Å²) in [7, 11) is 0.247. The molecule has 0 aliphatic rings. The van der Waals surface area contributed by atoms with E-state index in [9.17, 15) is 13.2 Å².